The minimum absolute atomic E-state index is 0.104. The predicted octanol–water partition coefficient (Wildman–Crippen LogP) is 21.8. The number of unbranched alkanes of at least 4 members (excludes halogenated alkanes) is 41. The minimum atomic E-state index is -4.96. The van der Waals surface area contributed by atoms with E-state index in [4.69, 9.17) is 37.0 Å². The zero-order chi connectivity index (χ0) is 69.4. The lowest BCUT2D eigenvalue weighted by Crippen LogP contribution is -2.30. The molecule has 0 rings (SSSR count). The van der Waals surface area contributed by atoms with Crippen LogP contribution in [-0.2, 0) is 65.4 Å². The van der Waals surface area contributed by atoms with Crippen molar-refractivity contribution in [3.05, 3.63) is 0 Å². The highest BCUT2D eigenvalue weighted by Gasteiger charge is 2.30. The van der Waals surface area contributed by atoms with Gasteiger partial charge in [0, 0.05) is 25.7 Å². The lowest BCUT2D eigenvalue weighted by Gasteiger charge is -2.21. The summed E-state index contributed by atoms with van der Waals surface area (Å²) in [6.45, 7) is 11.8. The van der Waals surface area contributed by atoms with Gasteiger partial charge in [-0.2, -0.15) is 0 Å². The van der Waals surface area contributed by atoms with Crippen molar-refractivity contribution in [3.63, 3.8) is 0 Å². The molecule has 0 saturated carbocycles. The van der Waals surface area contributed by atoms with Gasteiger partial charge in [0.05, 0.1) is 26.4 Å². The van der Waals surface area contributed by atoms with Crippen molar-refractivity contribution in [3.8, 4) is 0 Å². The van der Waals surface area contributed by atoms with Crippen LogP contribution in [0.15, 0.2) is 0 Å². The summed E-state index contributed by atoms with van der Waals surface area (Å²) in [7, 11) is -9.91. The Hall–Kier alpha value is -1.94. The number of aliphatic hydroxyl groups excluding tert-OH is 1. The Morgan fingerprint density at radius 2 is 0.489 bits per heavy atom. The summed E-state index contributed by atoms with van der Waals surface area (Å²) in [4.78, 5) is 72.7. The number of carbonyl (C=O) groups is 4. The Morgan fingerprint density at radius 1 is 0.287 bits per heavy atom. The molecule has 5 atom stereocenters. The standard InChI is InChI=1S/C75H146O17P2/c1-8-9-10-11-12-13-14-15-16-17-18-19-20-25-30-35-44-51-58-74(79)91-70(62-85-72(77)56-49-42-34-29-24-22-21-23-27-32-39-46-53-66(2)3)64-89-93(81,82)87-60-69(76)61-88-94(83,84)90-65-71(63-86-73(78)57-50-43-38-37-41-48-55-68(6)7)92-75(80)59-52-45-36-31-26-28-33-40-47-54-67(4)5/h66-71,76H,8-65H2,1-7H3,(H,81,82)(H,83,84)/t69-,70-,71-/m1/s1. The van der Waals surface area contributed by atoms with E-state index in [1.807, 2.05) is 0 Å². The van der Waals surface area contributed by atoms with E-state index >= 15 is 0 Å². The molecule has 0 fully saturated rings. The monoisotopic (exact) mass is 1380 g/mol. The van der Waals surface area contributed by atoms with Crippen LogP contribution >= 0.6 is 15.6 Å². The van der Waals surface area contributed by atoms with Crippen LogP contribution in [0.4, 0.5) is 0 Å². The number of ether oxygens (including phenoxy) is 4. The second kappa shape index (κ2) is 65.7. The molecule has 17 nitrogen and oxygen atoms in total. The summed E-state index contributed by atoms with van der Waals surface area (Å²) >= 11 is 0. The highest BCUT2D eigenvalue weighted by atomic mass is 31.2. The Kier molecular flexibility index (Phi) is 64.3. The Labute approximate surface area is 575 Å². The highest BCUT2D eigenvalue weighted by molar-refractivity contribution is 7.47. The van der Waals surface area contributed by atoms with E-state index in [9.17, 15) is 43.2 Å². The maximum Gasteiger partial charge on any atom is 0.472 e. The van der Waals surface area contributed by atoms with Crippen LogP contribution in [0.2, 0.25) is 0 Å². The number of phosphoric acid groups is 2. The summed E-state index contributed by atoms with van der Waals surface area (Å²) in [5, 5.41) is 10.6. The molecule has 0 aliphatic rings. The average molecular weight is 1380 g/mol. The van der Waals surface area contributed by atoms with Gasteiger partial charge in [-0.3, -0.25) is 37.3 Å². The van der Waals surface area contributed by atoms with Gasteiger partial charge in [0.15, 0.2) is 12.2 Å². The third kappa shape index (κ3) is 68.6. The molecule has 3 N–H and O–H groups in total. The predicted molar refractivity (Wildman–Crippen MR) is 381 cm³/mol. The summed E-state index contributed by atoms with van der Waals surface area (Å²) in [6.07, 6.45) is 51.5. The van der Waals surface area contributed by atoms with Crippen LogP contribution in [0.5, 0.6) is 0 Å². The van der Waals surface area contributed by atoms with Gasteiger partial charge >= 0.3 is 39.5 Å². The fourth-order valence-electron chi connectivity index (χ4n) is 11.4. The Bertz CT molecular complexity index is 1840. The molecule has 0 radical (unpaired) electrons. The summed E-state index contributed by atoms with van der Waals surface area (Å²) < 4.78 is 68.4. The summed E-state index contributed by atoms with van der Waals surface area (Å²) in [5.74, 6) is 0.0760. The molecule has 0 aromatic heterocycles. The molecule has 0 heterocycles. The largest absolute Gasteiger partial charge is 0.472 e. The van der Waals surface area contributed by atoms with Crippen molar-refractivity contribution in [2.75, 3.05) is 39.6 Å². The smallest absolute Gasteiger partial charge is 0.462 e. The first kappa shape index (κ1) is 92.1. The molecule has 0 aromatic rings. The van der Waals surface area contributed by atoms with Crippen LogP contribution < -0.4 is 0 Å². The van der Waals surface area contributed by atoms with E-state index in [0.29, 0.717) is 31.6 Å². The highest BCUT2D eigenvalue weighted by Crippen LogP contribution is 2.45. The van der Waals surface area contributed by atoms with Gasteiger partial charge in [0.25, 0.3) is 0 Å². The van der Waals surface area contributed by atoms with Gasteiger partial charge in [-0.05, 0) is 43.4 Å². The third-order valence-corrected chi connectivity index (χ3v) is 19.3. The molecule has 0 amide bonds. The fraction of sp³-hybridized carbons (Fsp3) is 0.947. The number of carbonyl (C=O) groups excluding carboxylic acids is 4. The van der Waals surface area contributed by atoms with Crippen LogP contribution in [0.1, 0.15) is 382 Å². The Morgan fingerprint density at radius 3 is 0.723 bits per heavy atom. The minimum Gasteiger partial charge on any atom is -0.462 e. The average Bonchev–Trinajstić information content (AvgIpc) is 1.29. The zero-order valence-electron chi connectivity index (χ0n) is 61.4. The van der Waals surface area contributed by atoms with Crippen molar-refractivity contribution in [1.82, 2.24) is 0 Å². The second-order valence-corrected chi connectivity index (χ2v) is 31.4. The molecule has 19 heteroatoms. The fourth-order valence-corrected chi connectivity index (χ4v) is 13.0. The molecule has 0 saturated heterocycles. The maximum atomic E-state index is 13.1. The van der Waals surface area contributed by atoms with E-state index in [-0.39, 0.29) is 25.7 Å². The molecule has 558 valence electrons. The number of hydrogen-bond acceptors (Lipinski definition) is 15. The van der Waals surface area contributed by atoms with Crippen LogP contribution in [0.25, 0.3) is 0 Å². The summed E-state index contributed by atoms with van der Waals surface area (Å²) in [6, 6.07) is 0. The van der Waals surface area contributed by atoms with E-state index in [2.05, 4.69) is 48.5 Å². The lowest BCUT2D eigenvalue weighted by atomic mass is 10.0. The van der Waals surface area contributed by atoms with Crippen molar-refractivity contribution < 1.29 is 80.2 Å². The van der Waals surface area contributed by atoms with Crippen molar-refractivity contribution in [2.45, 2.75) is 401 Å². The van der Waals surface area contributed by atoms with Gasteiger partial charge in [0.2, 0.25) is 0 Å². The quantitative estimate of drug-likeness (QED) is 0.0222. The van der Waals surface area contributed by atoms with E-state index in [0.717, 1.165) is 108 Å². The molecule has 0 aliphatic heterocycles. The third-order valence-electron chi connectivity index (χ3n) is 17.4. The van der Waals surface area contributed by atoms with Gasteiger partial charge in [-0.25, -0.2) is 9.13 Å². The lowest BCUT2D eigenvalue weighted by molar-refractivity contribution is -0.161. The van der Waals surface area contributed by atoms with E-state index in [1.54, 1.807) is 0 Å². The number of rotatable bonds is 73. The second-order valence-electron chi connectivity index (χ2n) is 28.5. The Balaban J connectivity index is 5.23. The van der Waals surface area contributed by atoms with Gasteiger partial charge < -0.3 is 33.8 Å². The molecular weight excluding hydrogens is 1230 g/mol. The normalized spacial score (nSPS) is 14.1. The van der Waals surface area contributed by atoms with Crippen LogP contribution in [0.3, 0.4) is 0 Å². The molecule has 0 aromatic carbocycles. The molecule has 94 heavy (non-hydrogen) atoms. The van der Waals surface area contributed by atoms with Crippen molar-refractivity contribution in [2.24, 2.45) is 17.8 Å². The molecule has 2 unspecified atom stereocenters. The number of esters is 4. The first-order valence-corrected chi connectivity index (χ1v) is 41.8. The SMILES string of the molecule is CCCCCCCCCCCCCCCCCCCCC(=O)O[C@H](COC(=O)CCCCCCCCCCCCCCC(C)C)COP(=O)(O)OC[C@@H](O)COP(=O)(O)OC[C@@H](COC(=O)CCCCCCCCC(C)C)OC(=O)CCCCCCCCCCCC(C)C. The van der Waals surface area contributed by atoms with Gasteiger partial charge in [0.1, 0.15) is 19.3 Å². The number of hydrogen-bond donors (Lipinski definition) is 3. The molecular formula is C75H146O17P2. The van der Waals surface area contributed by atoms with Crippen molar-refractivity contribution >= 4 is 39.5 Å². The van der Waals surface area contributed by atoms with Crippen LogP contribution in [-0.4, -0.2) is 96.7 Å². The molecule has 0 bridgehead atoms. The molecule has 0 aliphatic carbocycles. The number of phosphoric ester groups is 2. The first-order valence-electron chi connectivity index (χ1n) is 38.8. The van der Waals surface area contributed by atoms with E-state index < -0.39 is 97.5 Å². The number of aliphatic hydroxyl groups is 1. The molecule has 0 spiro atoms. The maximum absolute atomic E-state index is 13.1. The van der Waals surface area contributed by atoms with E-state index in [1.165, 1.54) is 186 Å². The zero-order valence-corrected chi connectivity index (χ0v) is 63.2. The van der Waals surface area contributed by atoms with Gasteiger partial charge in [-0.15, -0.1) is 0 Å². The van der Waals surface area contributed by atoms with Crippen LogP contribution in [0, 0.1) is 17.8 Å². The summed E-state index contributed by atoms with van der Waals surface area (Å²) in [5.41, 5.74) is 0. The topological polar surface area (TPSA) is 237 Å². The first-order chi connectivity index (χ1) is 45.2. The van der Waals surface area contributed by atoms with Crippen molar-refractivity contribution in [1.29, 1.82) is 0 Å². The van der Waals surface area contributed by atoms with Gasteiger partial charge in [-0.1, -0.05) is 331 Å².